The van der Waals surface area contributed by atoms with E-state index in [0.29, 0.717) is 11.4 Å². The van der Waals surface area contributed by atoms with Crippen LogP contribution in [0.2, 0.25) is 5.02 Å². The summed E-state index contributed by atoms with van der Waals surface area (Å²) < 4.78 is 5.02. The Hall–Kier alpha value is -2.80. The Balaban J connectivity index is 2.08. The van der Waals surface area contributed by atoms with Gasteiger partial charge in [0, 0.05) is 12.1 Å². The van der Waals surface area contributed by atoms with Gasteiger partial charge in [-0.05, 0) is 30.3 Å². The van der Waals surface area contributed by atoms with Crippen LogP contribution in [0.3, 0.4) is 0 Å². The number of nitro benzene ring substituents is 1. The van der Waals surface area contributed by atoms with E-state index >= 15 is 0 Å². The standard InChI is InChI=1S/C14H12ClN3O4/c1-22-11-5-2-9(3-6-11)16-17-14(19)12-8-10(18(20)21)4-7-13(12)15/h2-8,16H,1H3,(H,17,19). The minimum Gasteiger partial charge on any atom is -0.497 e. The fourth-order valence-corrected chi connectivity index (χ4v) is 1.87. The number of carbonyl (C=O) groups is 1. The van der Waals surface area contributed by atoms with Gasteiger partial charge in [-0.15, -0.1) is 0 Å². The zero-order chi connectivity index (χ0) is 16.1. The van der Waals surface area contributed by atoms with Crippen LogP contribution in [0.1, 0.15) is 10.4 Å². The molecule has 0 fully saturated rings. The van der Waals surface area contributed by atoms with Crippen molar-refractivity contribution < 1.29 is 14.5 Å². The van der Waals surface area contributed by atoms with E-state index in [-0.39, 0.29) is 16.3 Å². The number of anilines is 1. The molecule has 2 N–H and O–H groups in total. The second-order valence-electron chi connectivity index (χ2n) is 4.23. The van der Waals surface area contributed by atoms with Gasteiger partial charge in [-0.2, -0.15) is 0 Å². The Bertz CT molecular complexity index is 704. The predicted molar refractivity (Wildman–Crippen MR) is 82.2 cm³/mol. The molecule has 7 nitrogen and oxygen atoms in total. The molecule has 0 atom stereocenters. The van der Waals surface area contributed by atoms with Gasteiger partial charge in [-0.3, -0.25) is 25.8 Å². The highest BCUT2D eigenvalue weighted by molar-refractivity contribution is 6.34. The molecule has 0 aliphatic carbocycles. The van der Waals surface area contributed by atoms with Gasteiger partial charge in [0.2, 0.25) is 0 Å². The third kappa shape index (κ3) is 3.64. The summed E-state index contributed by atoms with van der Waals surface area (Å²) in [7, 11) is 1.55. The van der Waals surface area contributed by atoms with Crippen LogP contribution in [-0.2, 0) is 0 Å². The molecule has 2 aromatic carbocycles. The summed E-state index contributed by atoms with van der Waals surface area (Å²) in [5, 5.41) is 10.9. The van der Waals surface area contributed by atoms with Gasteiger partial charge in [0.15, 0.2) is 0 Å². The molecule has 114 valence electrons. The summed E-state index contributed by atoms with van der Waals surface area (Å²) in [5.74, 6) is 0.100. The van der Waals surface area contributed by atoms with Gasteiger partial charge in [0.25, 0.3) is 11.6 Å². The smallest absolute Gasteiger partial charge is 0.271 e. The second kappa shape index (κ2) is 6.77. The molecule has 8 heteroatoms. The molecule has 2 aromatic rings. The van der Waals surface area contributed by atoms with Crippen molar-refractivity contribution in [3.63, 3.8) is 0 Å². The molecule has 0 heterocycles. The highest BCUT2D eigenvalue weighted by Crippen LogP contribution is 2.22. The number of methoxy groups -OCH3 is 1. The van der Waals surface area contributed by atoms with Crippen molar-refractivity contribution in [1.82, 2.24) is 5.43 Å². The van der Waals surface area contributed by atoms with Crippen LogP contribution in [-0.4, -0.2) is 17.9 Å². The Morgan fingerprint density at radius 3 is 2.50 bits per heavy atom. The van der Waals surface area contributed by atoms with Gasteiger partial charge in [0.05, 0.1) is 28.3 Å². The largest absolute Gasteiger partial charge is 0.497 e. The van der Waals surface area contributed by atoms with E-state index in [1.807, 2.05) is 0 Å². The quantitative estimate of drug-likeness (QED) is 0.652. The van der Waals surface area contributed by atoms with Crippen LogP contribution in [0.4, 0.5) is 11.4 Å². The number of nitrogens with zero attached hydrogens (tertiary/aromatic N) is 1. The topological polar surface area (TPSA) is 93.5 Å². The number of rotatable bonds is 5. The maximum atomic E-state index is 12.0. The molecule has 1 amide bonds. The number of non-ortho nitro benzene ring substituents is 1. The van der Waals surface area contributed by atoms with Crippen molar-refractivity contribution in [3.8, 4) is 5.75 Å². The number of nitro groups is 1. The molecule has 0 radical (unpaired) electrons. The third-order valence-corrected chi connectivity index (χ3v) is 3.15. The lowest BCUT2D eigenvalue weighted by atomic mass is 10.2. The maximum Gasteiger partial charge on any atom is 0.271 e. The number of hydrogen-bond acceptors (Lipinski definition) is 5. The maximum absolute atomic E-state index is 12.0. The van der Waals surface area contributed by atoms with Crippen molar-refractivity contribution in [2.45, 2.75) is 0 Å². The van der Waals surface area contributed by atoms with Crippen LogP contribution in [0.15, 0.2) is 42.5 Å². The molecule has 0 saturated carbocycles. The number of amides is 1. The molecular weight excluding hydrogens is 310 g/mol. The van der Waals surface area contributed by atoms with E-state index in [1.54, 1.807) is 31.4 Å². The molecule has 0 aromatic heterocycles. The second-order valence-corrected chi connectivity index (χ2v) is 4.64. The number of ether oxygens (including phenoxy) is 1. The number of carbonyl (C=O) groups excluding carboxylic acids is 1. The Morgan fingerprint density at radius 1 is 1.23 bits per heavy atom. The minimum absolute atomic E-state index is 0.0110. The molecule has 0 bridgehead atoms. The summed E-state index contributed by atoms with van der Waals surface area (Å²) in [6, 6.07) is 10.5. The Morgan fingerprint density at radius 2 is 1.91 bits per heavy atom. The van der Waals surface area contributed by atoms with E-state index in [2.05, 4.69) is 10.9 Å². The molecule has 22 heavy (non-hydrogen) atoms. The summed E-state index contributed by atoms with van der Waals surface area (Å²) in [6.07, 6.45) is 0. The first-order valence-corrected chi connectivity index (χ1v) is 6.53. The molecular formula is C14H12ClN3O4. The average Bonchev–Trinajstić information content (AvgIpc) is 2.53. The normalized spacial score (nSPS) is 9.91. The van der Waals surface area contributed by atoms with Crippen LogP contribution in [0.5, 0.6) is 5.75 Å². The summed E-state index contributed by atoms with van der Waals surface area (Å²) in [6.45, 7) is 0. The number of benzene rings is 2. The zero-order valence-corrected chi connectivity index (χ0v) is 12.3. The van der Waals surface area contributed by atoms with Crippen LogP contribution in [0.25, 0.3) is 0 Å². The Labute approximate surface area is 131 Å². The lowest BCUT2D eigenvalue weighted by Crippen LogP contribution is -2.29. The van der Waals surface area contributed by atoms with Gasteiger partial charge >= 0.3 is 0 Å². The molecule has 2 rings (SSSR count). The van der Waals surface area contributed by atoms with Crippen molar-refractivity contribution in [1.29, 1.82) is 0 Å². The van der Waals surface area contributed by atoms with E-state index in [4.69, 9.17) is 16.3 Å². The van der Waals surface area contributed by atoms with E-state index in [9.17, 15) is 14.9 Å². The van der Waals surface area contributed by atoms with Crippen molar-refractivity contribution in [2.75, 3.05) is 12.5 Å². The Kier molecular flexibility index (Phi) is 4.80. The van der Waals surface area contributed by atoms with Crippen molar-refractivity contribution in [2.24, 2.45) is 0 Å². The fourth-order valence-electron chi connectivity index (χ4n) is 1.67. The van der Waals surface area contributed by atoms with Gasteiger partial charge in [-0.1, -0.05) is 11.6 Å². The summed E-state index contributed by atoms with van der Waals surface area (Å²) >= 11 is 5.89. The molecule has 0 aliphatic heterocycles. The molecule has 0 saturated heterocycles. The minimum atomic E-state index is -0.593. The number of hydrazine groups is 1. The monoisotopic (exact) mass is 321 g/mol. The zero-order valence-electron chi connectivity index (χ0n) is 11.5. The number of nitrogens with one attached hydrogen (secondary N) is 2. The highest BCUT2D eigenvalue weighted by atomic mass is 35.5. The SMILES string of the molecule is COc1ccc(NNC(=O)c2cc([N+](=O)[O-])ccc2Cl)cc1. The number of hydrogen-bond donors (Lipinski definition) is 2. The first-order chi connectivity index (χ1) is 10.5. The van der Waals surface area contributed by atoms with Gasteiger partial charge in [-0.25, -0.2) is 0 Å². The highest BCUT2D eigenvalue weighted by Gasteiger charge is 2.15. The van der Waals surface area contributed by atoms with Gasteiger partial charge < -0.3 is 4.74 Å². The summed E-state index contributed by atoms with van der Waals surface area (Å²) in [4.78, 5) is 22.2. The van der Waals surface area contributed by atoms with E-state index < -0.39 is 10.8 Å². The molecule has 0 spiro atoms. The lowest BCUT2D eigenvalue weighted by Gasteiger charge is -2.10. The average molecular weight is 322 g/mol. The van der Waals surface area contributed by atoms with E-state index in [1.165, 1.54) is 12.1 Å². The fraction of sp³-hybridized carbons (Fsp3) is 0.0714. The first-order valence-electron chi connectivity index (χ1n) is 6.15. The van der Waals surface area contributed by atoms with Gasteiger partial charge in [0.1, 0.15) is 5.75 Å². The summed E-state index contributed by atoms with van der Waals surface area (Å²) in [5.41, 5.74) is 5.53. The lowest BCUT2D eigenvalue weighted by molar-refractivity contribution is -0.384. The molecule has 0 aliphatic rings. The number of halogens is 1. The predicted octanol–water partition coefficient (Wildman–Crippen LogP) is 3.01. The first kappa shape index (κ1) is 15.6. The van der Waals surface area contributed by atoms with Crippen molar-refractivity contribution in [3.05, 3.63) is 63.2 Å². The third-order valence-electron chi connectivity index (χ3n) is 2.82. The molecule has 0 unspecified atom stereocenters. The van der Waals surface area contributed by atoms with Crippen LogP contribution in [0, 0.1) is 10.1 Å². The van der Waals surface area contributed by atoms with Crippen LogP contribution >= 0.6 is 11.6 Å². The van der Waals surface area contributed by atoms with Crippen molar-refractivity contribution >= 4 is 28.9 Å². The van der Waals surface area contributed by atoms with Crippen LogP contribution < -0.4 is 15.6 Å². The van der Waals surface area contributed by atoms with E-state index in [0.717, 1.165) is 6.07 Å².